The van der Waals surface area contributed by atoms with Gasteiger partial charge in [-0.05, 0) is 48.4 Å². The lowest BCUT2D eigenvalue weighted by Crippen LogP contribution is -2.24. The SMILES string of the molecule is CCC(=O)Nc1cc(NCC(=O)Nc2cccc(C(=O)NCc3ccccc3)c2)ccc1C. The Labute approximate surface area is 193 Å². The highest BCUT2D eigenvalue weighted by Gasteiger charge is 2.09. The molecule has 3 aromatic rings. The van der Waals surface area contributed by atoms with E-state index in [9.17, 15) is 14.4 Å². The summed E-state index contributed by atoms with van der Waals surface area (Å²) in [4.78, 5) is 36.5. The number of rotatable bonds is 9. The highest BCUT2D eigenvalue weighted by atomic mass is 16.2. The number of benzene rings is 3. The third-order valence-corrected chi connectivity index (χ3v) is 4.99. The van der Waals surface area contributed by atoms with E-state index in [1.165, 1.54) is 0 Å². The maximum absolute atomic E-state index is 12.5. The van der Waals surface area contributed by atoms with Crippen molar-refractivity contribution in [2.45, 2.75) is 26.8 Å². The van der Waals surface area contributed by atoms with Gasteiger partial charge < -0.3 is 21.3 Å². The van der Waals surface area contributed by atoms with Gasteiger partial charge in [0, 0.05) is 35.6 Å². The van der Waals surface area contributed by atoms with Crippen LogP contribution in [-0.2, 0) is 16.1 Å². The van der Waals surface area contributed by atoms with E-state index in [1.807, 2.05) is 49.4 Å². The van der Waals surface area contributed by atoms with Crippen LogP contribution in [0.25, 0.3) is 0 Å². The molecule has 0 unspecified atom stereocenters. The van der Waals surface area contributed by atoms with Gasteiger partial charge in [-0.3, -0.25) is 14.4 Å². The summed E-state index contributed by atoms with van der Waals surface area (Å²) in [5.74, 6) is -0.536. The van der Waals surface area contributed by atoms with Crippen LogP contribution in [-0.4, -0.2) is 24.3 Å². The number of carbonyl (C=O) groups excluding carboxylic acids is 3. The van der Waals surface area contributed by atoms with E-state index >= 15 is 0 Å². The van der Waals surface area contributed by atoms with Gasteiger partial charge in [-0.25, -0.2) is 0 Å². The summed E-state index contributed by atoms with van der Waals surface area (Å²) in [6.07, 6.45) is 0.392. The summed E-state index contributed by atoms with van der Waals surface area (Å²) in [5, 5.41) is 11.6. The van der Waals surface area contributed by atoms with Crippen LogP contribution in [0.15, 0.2) is 72.8 Å². The average Bonchev–Trinajstić information content (AvgIpc) is 2.83. The maximum Gasteiger partial charge on any atom is 0.251 e. The monoisotopic (exact) mass is 444 g/mol. The predicted molar refractivity (Wildman–Crippen MR) is 131 cm³/mol. The van der Waals surface area contributed by atoms with Crippen molar-refractivity contribution in [1.29, 1.82) is 0 Å². The molecule has 3 amide bonds. The lowest BCUT2D eigenvalue weighted by atomic mass is 10.1. The van der Waals surface area contributed by atoms with Crippen LogP contribution in [0.3, 0.4) is 0 Å². The molecule has 0 aliphatic rings. The zero-order chi connectivity index (χ0) is 23.6. The van der Waals surface area contributed by atoms with Gasteiger partial charge in [0.15, 0.2) is 0 Å². The van der Waals surface area contributed by atoms with Crippen molar-refractivity contribution in [2.24, 2.45) is 0 Å². The zero-order valence-corrected chi connectivity index (χ0v) is 18.8. The Hall–Kier alpha value is -4.13. The zero-order valence-electron chi connectivity index (χ0n) is 18.8. The third kappa shape index (κ3) is 7.21. The molecule has 0 spiro atoms. The normalized spacial score (nSPS) is 10.2. The predicted octanol–water partition coefficient (Wildman–Crippen LogP) is 4.32. The average molecular weight is 445 g/mol. The summed E-state index contributed by atoms with van der Waals surface area (Å²) in [6.45, 7) is 4.16. The van der Waals surface area contributed by atoms with Crippen molar-refractivity contribution in [3.63, 3.8) is 0 Å². The number of anilines is 3. The number of nitrogens with one attached hydrogen (secondary N) is 4. The fraction of sp³-hybridized carbons (Fsp3) is 0.192. The van der Waals surface area contributed by atoms with Crippen molar-refractivity contribution >= 4 is 34.8 Å². The molecule has 170 valence electrons. The number of amides is 3. The van der Waals surface area contributed by atoms with Gasteiger partial charge in [0.05, 0.1) is 6.54 Å². The molecule has 4 N–H and O–H groups in total. The van der Waals surface area contributed by atoms with Crippen LogP contribution in [0.2, 0.25) is 0 Å². The highest BCUT2D eigenvalue weighted by Crippen LogP contribution is 2.20. The minimum Gasteiger partial charge on any atom is -0.376 e. The Morgan fingerprint density at radius 1 is 0.788 bits per heavy atom. The van der Waals surface area contributed by atoms with Crippen molar-refractivity contribution in [3.8, 4) is 0 Å². The molecule has 0 saturated heterocycles. The van der Waals surface area contributed by atoms with Crippen LogP contribution >= 0.6 is 0 Å². The molecule has 7 nitrogen and oxygen atoms in total. The van der Waals surface area contributed by atoms with Gasteiger partial charge in [0.2, 0.25) is 11.8 Å². The van der Waals surface area contributed by atoms with Gasteiger partial charge in [-0.15, -0.1) is 0 Å². The van der Waals surface area contributed by atoms with E-state index in [0.717, 1.165) is 16.8 Å². The lowest BCUT2D eigenvalue weighted by Gasteiger charge is -2.12. The number of hydrogen-bond acceptors (Lipinski definition) is 4. The minimum atomic E-state index is -0.253. The molecule has 0 fully saturated rings. The molecule has 0 saturated carbocycles. The number of aryl methyl sites for hydroxylation is 1. The molecule has 0 bridgehead atoms. The smallest absolute Gasteiger partial charge is 0.251 e. The largest absolute Gasteiger partial charge is 0.376 e. The molecule has 3 rings (SSSR count). The molecular weight excluding hydrogens is 416 g/mol. The van der Waals surface area contributed by atoms with Gasteiger partial charge in [0.1, 0.15) is 0 Å². The van der Waals surface area contributed by atoms with Crippen molar-refractivity contribution in [1.82, 2.24) is 5.32 Å². The molecule has 33 heavy (non-hydrogen) atoms. The second kappa shape index (κ2) is 11.5. The van der Waals surface area contributed by atoms with E-state index in [2.05, 4.69) is 21.3 Å². The van der Waals surface area contributed by atoms with Crippen molar-refractivity contribution < 1.29 is 14.4 Å². The third-order valence-electron chi connectivity index (χ3n) is 4.99. The molecule has 7 heteroatoms. The van der Waals surface area contributed by atoms with Crippen LogP contribution in [0.4, 0.5) is 17.1 Å². The molecule has 0 aliphatic heterocycles. The first-order chi connectivity index (χ1) is 15.9. The molecular formula is C26H28N4O3. The summed E-state index contributed by atoms with van der Waals surface area (Å²) < 4.78 is 0. The van der Waals surface area contributed by atoms with E-state index in [1.54, 1.807) is 37.3 Å². The first-order valence-corrected chi connectivity index (χ1v) is 10.8. The van der Waals surface area contributed by atoms with Crippen LogP contribution < -0.4 is 21.3 Å². The molecule has 0 heterocycles. The van der Waals surface area contributed by atoms with Crippen LogP contribution in [0.5, 0.6) is 0 Å². The topological polar surface area (TPSA) is 99.3 Å². The Kier molecular flexibility index (Phi) is 8.18. The summed E-state index contributed by atoms with van der Waals surface area (Å²) >= 11 is 0. The lowest BCUT2D eigenvalue weighted by molar-refractivity contribution is -0.116. The Morgan fingerprint density at radius 2 is 1.58 bits per heavy atom. The van der Waals surface area contributed by atoms with E-state index < -0.39 is 0 Å². The van der Waals surface area contributed by atoms with Crippen LogP contribution in [0, 0.1) is 6.92 Å². The van der Waals surface area contributed by atoms with Crippen molar-refractivity contribution in [3.05, 3.63) is 89.5 Å². The van der Waals surface area contributed by atoms with Gasteiger partial charge >= 0.3 is 0 Å². The van der Waals surface area contributed by atoms with E-state index in [0.29, 0.717) is 29.9 Å². The first kappa shape index (κ1) is 23.5. The van der Waals surface area contributed by atoms with Gasteiger partial charge in [0.25, 0.3) is 5.91 Å². The van der Waals surface area contributed by atoms with E-state index in [4.69, 9.17) is 0 Å². The maximum atomic E-state index is 12.5. The Bertz CT molecular complexity index is 1130. The van der Waals surface area contributed by atoms with Gasteiger partial charge in [-0.2, -0.15) is 0 Å². The number of hydrogen-bond donors (Lipinski definition) is 4. The molecule has 0 atom stereocenters. The highest BCUT2D eigenvalue weighted by molar-refractivity contribution is 5.98. The van der Waals surface area contributed by atoms with Gasteiger partial charge in [-0.1, -0.05) is 49.4 Å². The number of carbonyl (C=O) groups is 3. The Morgan fingerprint density at radius 3 is 2.33 bits per heavy atom. The minimum absolute atomic E-state index is 0.0364. The standard InChI is InChI=1S/C26H28N4O3/c1-3-24(31)30-23-15-21(13-12-18(23)2)27-17-25(32)29-22-11-7-10-20(14-22)26(33)28-16-19-8-5-4-6-9-19/h4-15,27H,3,16-17H2,1-2H3,(H,28,33)(H,29,32)(H,30,31). The second-order valence-corrected chi connectivity index (χ2v) is 7.58. The molecule has 0 aromatic heterocycles. The summed E-state index contributed by atoms with van der Waals surface area (Å²) in [7, 11) is 0. The second-order valence-electron chi connectivity index (χ2n) is 7.58. The quantitative estimate of drug-likeness (QED) is 0.395. The molecule has 0 radical (unpaired) electrons. The van der Waals surface area contributed by atoms with Crippen molar-refractivity contribution in [2.75, 3.05) is 22.5 Å². The molecule has 3 aromatic carbocycles. The molecule has 0 aliphatic carbocycles. The fourth-order valence-electron chi connectivity index (χ4n) is 3.11. The summed E-state index contributed by atoms with van der Waals surface area (Å²) in [5.41, 5.74) is 4.38. The Balaban J connectivity index is 1.54. The van der Waals surface area contributed by atoms with E-state index in [-0.39, 0.29) is 24.3 Å². The van der Waals surface area contributed by atoms with Crippen LogP contribution in [0.1, 0.15) is 34.8 Å². The summed E-state index contributed by atoms with van der Waals surface area (Å²) in [6, 6.07) is 22.0. The fourth-order valence-corrected chi connectivity index (χ4v) is 3.11. The first-order valence-electron chi connectivity index (χ1n) is 10.8.